The van der Waals surface area contributed by atoms with E-state index >= 15 is 0 Å². The lowest BCUT2D eigenvalue weighted by Gasteiger charge is -2.25. The van der Waals surface area contributed by atoms with Gasteiger partial charge in [0.2, 0.25) is 5.91 Å². The Kier molecular flexibility index (Phi) is 6.60. The number of carboxylic acids is 1. The van der Waals surface area contributed by atoms with Gasteiger partial charge < -0.3 is 20.5 Å². The molecule has 0 aliphatic heterocycles. The molecule has 1 aliphatic rings. The zero-order valence-corrected chi connectivity index (χ0v) is 20.8. The van der Waals surface area contributed by atoms with Crippen molar-refractivity contribution in [3.8, 4) is 11.1 Å². The largest absolute Gasteiger partial charge is 0.478 e. The maximum Gasteiger partial charge on any atom is 0.408 e. The van der Waals surface area contributed by atoms with Gasteiger partial charge in [0.25, 0.3) is 0 Å². The van der Waals surface area contributed by atoms with Crippen LogP contribution >= 0.6 is 22.6 Å². The molecule has 0 radical (unpaired) electrons. The molecule has 3 aromatic rings. The Hall–Kier alpha value is -3.40. The van der Waals surface area contributed by atoms with Gasteiger partial charge in [-0.05, 0) is 76.9 Å². The van der Waals surface area contributed by atoms with Crippen molar-refractivity contribution in [3.05, 3.63) is 87.0 Å². The normalized spacial score (nSPS) is 12.4. The molecule has 7 nitrogen and oxygen atoms in total. The number of hydrogen-bond donors (Lipinski definition) is 3. The summed E-state index contributed by atoms with van der Waals surface area (Å²) in [5.74, 6) is -1.68. The van der Waals surface area contributed by atoms with Gasteiger partial charge in [-0.2, -0.15) is 0 Å². The first-order valence-electron chi connectivity index (χ1n) is 10.6. The smallest absolute Gasteiger partial charge is 0.408 e. The fourth-order valence-electron chi connectivity index (χ4n) is 3.98. The minimum atomic E-state index is -1.30. The van der Waals surface area contributed by atoms with Gasteiger partial charge in [-0.3, -0.25) is 4.79 Å². The number of ether oxygens (including phenoxy) is 1. The molecule has 0 fully saturated rings. The Balaban J connectivity index is 1.42. The van der Waals surface area contributed by atoms with E-state index < -0.39 is 23.5 Å². The second-order valence-electron chi connectivity index (χ2n) is 8.53. The number of halogens is 1. The number of benzene rings is 3. The molecular weight excluding hydrogens is 547 g/mol. The molecule has 0 spiro atoms. The van der Waals surface area contributed by atoms with Crippen LogP contribution in [0.5, 0.6) is 0 Å². The molecule has 3 N–H and O–H groups in total. The highest BCUT2D eigenvalue weighted by atomic mass is 127. The maximum atomic E-state index is 12.9. The summed E-state index contributed by atoms with van der Waals surface area (Å²) in [5, 5.41) is 14.5. The molecule has 34 heavy (non-hydrogen) atoms. The average Bonchev–Trinajstić information content (AvgIpc) is 3.12. The topological polar surface area (TPSA) is 105 Å². The van der Waals surface area contributed by atoms with Crippen LogP contribution in [0.15, 0.2) is 66.7 Å². The molecule has 8 heteroatoms. The first kappa shape index (κ1) is 23.7. The van der Waals surface area contributed by atoms with Crippen molar-refractivity contribution in [2.75, 3.05) is 11.9 Å². The van der Waals surface area contributed by atoms with Crippen LogP contribution in [0, 0.1) is 3.57 Å². The molecule has 0 saturated carbocycles. The molecule has 1 aliphatic carbocycles. The lowest BCUT2D eigenvalue weighted by atomic mass is 9.98. The summed E-state index contributed by atoms with van der Waals surface area (Å²) in [6.07, 6.45) is -0.712. The number of carboxylic acid groups (broad SMARTS) is 1. The fourth-order valence-corrected chi connectivity index (χ4v) is 4.45. The van der Waals surface area contributed by atoms with E-state index in [9.17, 15) is 19.5 Å². The third-order valence-corrected chi connectivity index (χ3v) is 6.73. The highest BCUT2D eigenvalue weighted by Crippen LogP contribution is 2.44. The molecular formula is C26H23IN2O5. The maximum absolute atomic E-state index is 12.9. The van der Waals surface area contributed by atoms with E-state index in [0.29, 0.717) is 9.26 Å². The zero-order valence-electron chi connectivity index (χ0n) is 18.6. The number of amides is 2. The molecule has 0 heterocycles. The molecule has 3 aromatic carbocycles. The summed E-state index contributed by atoms with van der Waals surface area (Å²) in [6.45, 7) is 3.24. The van der Waals surface area contributed by atoms with Gasteiger partial charge in [0, 0.05) is 9.49 Å². The summed E-state index contributed by atoms with van der Waals surface area (Å²) < 4.78 is 6.21. The Bertz CT molecular complexity index is 1240. The molecule has 0 saturated heterocycles. The Morgan fingerprint density at radius 1 is 0.971 bits per heavy atom. The van der Waals surface area contributed by atoms with Crippen molar-refractivity contribution in [2.24, 2.45) is 0 Å². The number of alkyl carbamates (subject to hydrolysis) is 1. The molecule has 0 bridgehead atoms. The third-order valence-electron chi connectivity index (χ3n) is 5.79. The second-order valence-corrected chi connectivity index (χ2v) is 9.69. The number of carbonyl (C=O) groups excluding carboxylic acids is 2. The zero-order chi connectivity index (χ0) is 24.5. The summed E-state index contributed by atoms with van der Waals surface area (Å²) in [4.78, 5) is 36.7. The summed E-state index contributed by atoms with van der Waals surface area (Å²) in [7, 11) is 0. The Morgan fingerprint density at radius 3 is 2.15 bits per heavy atom. The van der Waals surface area contributed by atoms with Crippen LogP contribution in [-0.2, 0) is 9.53 Å². The van der Waals surface area contributed by atoms with Crippen LogP contribution in [0.4, 0.5) is 10.5 Å². The third kappa shape index (κ3) is 4.77. The van der Waals surface area contributed by atoms with Crippen LogP contribution in [0.25, 0.3) is 11.1 Å². The fraction of sp³-hybridized carbons (Fsp3) is 0.192. The van der Waals surface area contributed by atoms with Gasteiger partial charge in [0.15, 0.2) is 0 Å². The van der Waals surface area contributed by atoms with Crippen LogP contribution < -0.4 is 10.6 Å². The number of rotatable bonds is 6. The van der Waals surface area contributed by atoms with E-state index in [2.05, 4.69) is 22.8 Å². The quantitative estimate of drug-likeness (QED) is 0.352. The average molecular weight is 570 g/mol. The monoisotopic (exact) mass is 570 g/mol. The number of aromatic carboxylic acids is 1. The minimum Gasteiger partial charge on any atom is -0.478 e. The predicted octanol–water partition coefficient (Wildman–Crippen LogP) is 5.25. The van der Waals surface area contributed by atoms with Crippen LogP contribution in [0.3, 0.4) is 0 Å². The highest BCUT2D eigenvalue weighted by molar-refractivity contribution is 14.1. The van der Waals surface area contributed by atoms with Crippen LogP contribution in [0.1, 0.15) is 41.3 Å². The number of carbonyl (C=O) groups is 3. The number of fused-ring (bicyclic) bond motifs is 3. The number of nitrogens with one attached hydrogen (secondary N) is 2. The molecule has 174 valence electrons. The number of anilines is 1. The van der Waals surface area contributed by atoms with E-state index in [4.69, 9.17) is 4.74 Å². The van der Waals surface area contributed by atoms with E-state index in [0.717, 1.165) is 22.3 Å². The lowest BCUT2D eigenvalue weighted by Crippen LogP contribution is -2.52. The minimum absolute atomic E-state index is 0.0537. The standard InChI is InChI=1S/C26H23IN2O5/c1-26(2,24(32)28-22-13-15(23(30)31)11-12-21(22)27)29-25(33)34-14-20-18-9-5-3-7-16(18)17-8-4-6-10-19(17)20/h3-13,20H,14H2,1-2H3,(H,28,32)(H,29,33)(H,30,31). The van der Waals surface area contributed by atoms with Gasteiger partial charge in [-0.25, -0.2) is 9.59 Å². The van der Waals surface area contributed by atoms with Gasteiger partial charge in [0.05, 0.1) is 11.3 Å². The summed E-state index contributed by atoms with van der Waals surface area (Å²) in [6, 6.07) is 20.5. The van der Waals surface area contributed by atoms with Gasteiger partial charge in [0.1, 0.15) is 12.1 Å². The number of hydrogen-bond acceptors (Lipinski definition) is 4. The highest BCUT2D eigenvalue weighted by Gasteiger charge is 2.33. The summed E-state index contributed by atoms with van der Waals surface area (Å²) >= 11 is 2.00. The van der Waals surface area contributed by atoms with Gasteiger partial charge >= 0.3 is 12.1 Å². The lowest BCUT2D eigenvalue weighted by molar-refractivity contribution is -0.121. The first-order valence-corrected chi connectivity index (χ1v) is 11.7. The van der Waals surface area contributed by atoms with E-state index in [1.54, 1.807) is 19.9 Å². The van der Waals surface area contributed by atoms with Crippen LogP contribution in [-0.4, -0.2) is 35.2 Å². The van der Waals surface area contributed by atoms with Crippen molar-refractivity contribution in [3.63, 3.8) is 0 Å². The van der Waals surface area contributed by atoms with Gasteiger partial charge in [-0.1, -0.05) is 48.5 Å². The molecule has 2 amide bonds. The van der Waals surface area contributed by atoms with E-state index in [-0.39, 0.29) is 18.1 Å². The summed E-state index contributed by atoms with van der Waals surface area (Å²) in [5.41, 5.74) is 3.56. The molecule has 0 unspecified atom stereocenters. The van der Waals surface area contributed by atoms with E-state index in [1.165, 1.54) is 12.1 Å². The Morgan fingerprint density at radius 2 is 1.56 bits per heavy atom. The van der Waals surface area contributed by atoms with Crippen molar-refractivity contribution in [2.45, 2.75) is 25.3 Å². The Labute approximate surface area is 210 Å². The van der Waals surface area contributed by atoms with Crippen molar-refractivity contribution in [1.82, 2.24) is 5.32 Å². The van der Waals surface area contributed by atoms with Crippen molar-refractivity contribution < 1.29 is 24.2 Å². The molecule has 0 atom stereocenters. The predicted molar refractivity (Wildman–Crippen MR) is 137 cm³/mol. The SMILES string of the molecule is CC(C)(NC(=O)OCC1c2ccccc2-c2ccccc21)C(=O)Nc1cc(C(=O)O)ccc1I. The van der Waals surface area contributed by atoms with Gasteiger partial charge in [-0.15, -0.1) is 0 Å². The van der Waals surface area contributed by atoms with Crippen LogP contribution in [0.2, 0.25) is 0 Å². The van der Waals surface area contributed by atoms with Crippen molar-refractivity contribution >= 4 is 46.2 Å². The molecule has 0 aromatic heterocycles. The van der Waals surface area contributed by atoms with Crippen molar-refractivity contribution in [1.29, 1.82) is 0 Å². The second kappa shape index (κ2) is 9.46. The first-order chi connectivity index (χ1) is 16.2. The van der Waals surface area contributed by atoms with E-state index in [1.807, 2.05) is 59.0 Å². The molecule has 4 rings (SSSR count).